The van der Waals surface area contributed by atoms with E-state index in [0.717, 1.165) is 37.4 Å². The maximum absolute atomic E-state index is 14.3. The van der Waals surface area contributed by atoms with Crippen molar-refractivity contribution in [2.24, 2.45) is 16.8 Å². The molecule has 6 nitrogen and oxygen atoms in total. The summed E-state index contributed by atoms with van der Waals surface area (Å²) >= 11 is 0. The standard InChI is InChI=1S/C19H21FN6/c20-17-9-23-19(26-10-12-3-13(11-26)6-21-5-12)25-18(17)24-16-2-1-14-7-22-8-15(14)4-16/h1-2,4,8-9,12-13,21H,3,5-7,10-11H2,(H,23,24,25). The topological polar surface area (TPSA) is 65.4 Å². The molecule has 7 heteroatoms. The number of fused-ring (bicyclic) bond motifs is 3. The van der Waals surface area contributed by atoms with Gasteiger partial charge in [-0.25, -0.2) is 9.37 Å². The summed E-state index contributed by atoms with van der Waals surface area (Å²) in [4.78, 5) is 15.2. The molecule has 2 atom stereocenters. The second-order valence-electron chi connectivity index (χ2n) is 7.41. The van der Waals surface area contributed by atoms with Gasteiger partial charge in [0.15, 0.2) is 11.6 Å². The molecule has 4 heterocycles. The molecule has 0 aliphatic carbocycles. The number of benzene rings is 1. The predicted molar refractivity (Wildman–Crippen MR) is 99.7 cm³/mol. The van der Waals surface area contributed by atoms with Crippen molar-refractivity contribution in [2.45, 2.75) is 13.0 Å². The van der Waals surface area contributed by atoms with Crippen LogP contribution in [-0.2, 0) is 6.54 Å². The van der Waals surface area contributed by atoms with Gasteiger partial charge < -0.3 is 15.5 Å². The van der Waals surface area contributed by atoms with Gasteiger partial charge in [-0.3, -0.25) is 4.99 Å². The maximum atomic E-state index is 14.3. The van der Waals surface area contributed by atoms with Crippen molar-refractivity contribution < 1.29 is 4.39 Å². The Morgan fingerprint density at radius 1 is 1.19 bits per heavy atom. The number of anilines is 3. The van der Waals surface area contributed by atoms with Crippen molar-refractivity contribution in [3.63, 3.8) is 0 Å². The van der Waals surface area contributed by atoms with E-state index in [2.05, 4.69) is 30.5 Å². The molecular formula is C19H21FN6. The number of nitrogens with one attached hydrogen (secondary N) is 2. The highest BCUT2D eigenvalue weighted by Crippen LogP contribution is 2.28. The van der Waals surface area contributed by atoms with E-state index in [9.17, 15) is 4.39 Å². The van der Waals surface area contributed by atoms with Gasteiger partial charge in [0.1, 0.15) is 0 Å². The Morgan fingerprint density at radius 2 is 2.04 bits per heavy atom. The number of nitrogens with zero attached hydrogens (tertiary/aromatic N) is 4. The van der Waals surface area contributed by atoms with Crippen molar-refractivity contribution in [3.8, 4) is 0 Å². The molecule has 2 saturated heterocycles. The van der Waals surface area contributed by atoms with Crippen molar-refractivity contribution in [2.75, 3.05) is 36.4 Å². The van der Waals surface area contributed by atoms with Gasteiger partial charge in [-0.1, -0.05) is 6.07 Å². The van der Waals surface area contributed by atoms with E-state index in [1.165, 1.54) is 18.2 Å². The van der Waals surface area contributed by atoms with Crippen molar-refractivity contribution in [1.29, 1.82) is 0 Å². The summed E-state index contributed by atoms with van der Waals surface area (Å²) in [5, 5.41) is 6.59. The zero-order chi connectivity index (χ0) is 17.5. The van der Waals surface area contributed by atoms with Crippen molar-refractivity contribution in [1.82, 2.24) is 15.3 Å². The molecule has 2 N–H and O–H groups in total. The number of rotatable bonds is 3. The predicted octanol–water partition coefficient (Wildman–Crippen LogP) is 2.34. The van der Waals surface area contributed by atoms with Gasteiger partial charge in [-0.2, -0.15) is 4.98 Å². The Hall–Kier alpha value is -2.54. The summed E-state index contributed by atoms with van der Waals surface area (Å²) < 4.78 is 14.3. The molecule has 3 aliphatic rings. The van der Waals surface area contributed by atoms with E-state index in [1.807, 2.05) is 24.4 Å². The van der Waals surface area contributed by atoms with Crippen LogP contribution in [0.4, 0.5) is 21.8 Å². The zero-order valence-electron chi connectivity index (χ0n) is 14.5. The molecule has 0 spiro atoms. The Bertz CT molecular complexity index is 855. The van der Waals surface area contributed by atoms with E-state index in [0.29, 0.717) is 24.3 Å². The molecule has 2 aromatic rings. The first kappa shape index (κ1) is 15.7. The van der Waals surface area contributed by atoms with Gasteiger partial charge in [0.05, 0.1) is 12.7 Å². The molecule has 2 unspecified atom stereocenters. The fourth-order valence-corrected chi connectivity index (χ4v) is 4.18. The Labute approximate surface area is 151 Å². The minimum absolute atomic E-state index is 0.221. The largest absolute Gasteiger partial charge is 0.340 e. The van der Waals surface area contributed by atoms with Crippen LogP contribution in [-0.4, -0.2) is 42.4 Å². The smallest absolute Gasteiger partial charge is 0.227 e. The number of hydrogen-bond acceptors (Lipinski definition) is 6. The van der Waals surface area contributed by atoms with Crippen LogP contribution in [0.1, 0.15) is 17.5 Å². The number of aliphatic imine (C=N–C) groups is 1. The van der Waals surface area contributed by atoms with Gasteiger partial charge in [0.25, 0.3) is 0 Å². The monoisotopic (exact) mass is 352 g/mol. The first-order chi connectivity index (χ1) is 12.7. The van der Waals surface area contributed by atoms with Crippen LogP contribution in [0.5, 0.6) is 0 Å². The summed E-state index contributed by atoms with van der Waals surface area (Å²) in [5.41, 5.74) is 3.06. The van der Waals surface area contributed by atoms with E-state index in [4.69, 9.17) is 0 Å². The van der Waals surface area contributed by atoms with Gasteiger partial charge in [-0.15, -0.1) is 0 Å². The second kappa shape index (κ2) is 6.32. The Kier molecular flexibility index (Phi) is 3.81. The summed E-state index contributed by atoms with van der Waals surface area (Å²) in [6, 6.07) is 5.93. The molecule has 1 aromatic carbocycles. The molecule has 134 valence electrons. The molecule has 5 rings (SSSR count). The third-order valence-corrected chi connectivity index (χ3v) is 5.40. The highest BCUT2D eigenvalue weighted by molar-refractivity contribution is 5.86. The fourth-order valence-electron chi connectivity index (χ4n) is 4.18. The normalized spacial score (nSPS) is 23.8. The quantitative estimate of drug-likeness (QED) is 0.888. The van der Waals surface area contributed by atoms with E-state index in [-0.39, 0.29) is 5.82 Å². The summed E-state index contributed by atoms with van der Waals surface area (Å²) in [6.45, 7) is 4.63. The van der Waals surface area contributed by atoms with Crippen molar-refractivity contribution in [3.05, 3.63) is 41.3 Å². The molecule has 0 saturated carbocycles. The lowest BCUT2D eigenvalue weighted by atomic mass is 9.86. The lowest BCUT2D eigenvalue weighted by Crippen LogP contribution is -2.51. The van der Waals surface area contributed by atoms with Gasteiger partial charge >= 0.3 is 0 Å². The van der Waals surface area contributed by atoms with Gasteiger partial charge in [0, 0.05) is 25.0 Å². The molecule has 2 fully saturated rings. The molecular weight excluding hydrogens is 331 g/mol. The van der Waals surface area contributed by atoms with E-state index < -0.39 is 5.82 Å². The fraction of sp³-hybridized carbons (Fsp3) is 0.421. The zero-order valence-corrected chi connectivity index (χ0v) is 14.5. The van der Waals surface area contributed by atoms with Gasteiger partial charge in [-0.05, 0) is 54.6 Å². The highest BCUT2D eigenvalue weighted by atomic mass is 19.1. The van der Waals surface area contributed by atoms with Crippen molar-refractivity contribution >= 4 is 23.7 Å². The average Bonchev–Trinajstić information content (AvgIpc) is 3.11. The number of halogens is 1. The van der Waals surface area contributed by atoms with E-state index in [1.54, 1.807) is 0 Å². The summed E-state index contributed by atoms with van der Waals surface area (Å²) in [5.74, 6) is 1.61. The third-order valence-electron chi connectivity index (χ3n) is 5.40. The Balaban J connectivity index is 1.39. The lowest BCUT2D eigenvalue weighted by Gasteiger charge is -2.41. The van der Waals surface area contributed by atoms with Crippen LogP contribution in [0.2, 0.25) is 0 Å². The minimum atomic E-state index is -0.443. The molecule has 1 aromatic heterocycles. The highest BCUT2D eigenvalue weighted by Gasteiger charge is 2.31. The first-order valence-electron chi connectivity index (χ1n) is 9.12. The minimum Gasteiger partial charge on any atom is -0.340 e. The Morgan fingerprint density at radius 3 is 2.88 bits per heavy atom. The lowest BCUT2D eigenvalue weighted by molar-refractivity contribution is 0.248. The first-order valence-corrected chi connectivity index (χ1v) is 9.12. The molecule has 26 heavy (non-hydrogen) atoms. The maximum Gasteiger partial charge on any atom is 0.227 e. The van der Waals surface area contributed by atoms with Crippen LogP contribution >= 0.6 is 0 Å². The number of aromatic nitrogens is 2. The van der Waals surface area contributed by atoms with Crippen LogP contribution in [0.15, 0.2) is 29.4 Å². The summed E-state index contributed by atoms with van der Waals surface area (Å²) in [6.07, 6.45) is 4.37. The molecule has 2 bridgehead atoms. The average molecular weight is 352 g/mol. The number of piperidine rings is 2. The van der Waals surface area contributed by atoms with Crippen LogP contribution in [0.25, 0.3) is 0 Å². The molecule has 3 aliphatic heterocycles. The number of hydrogen-bond donors (Lipinski definition) is 2. The third kappa shape index (κ3) is 2.92. The molecule has 0 radical (unpaired) electrons. The van der Waals surface area contributed by atoms with E-state index >= 15 is 0 Å². The second-order valence-corrected chi connectivity index (χ2v) is 7.41. The van der Waals surface area contributed by atoms with Crippen LogP contribution < -0.4 is 15.5 Å². The van der Waals surface area contributed by atoms with Crippen LogP contribution in [0, 0.1) is 17.7 Å². The van der Waals surface area contributed by atoms with Crippen LogP contribution in [0.3, 0.4) is 0 Å². The van der Waals surface area contributed by atoms with Gasteiger partial charge in [0.2, 0.25) is 5.95 Å². The molecule has 0 amide bonds. The SMILES string of the molecule is Fc1cnc(N2CC3CNCC(C3)C2)nc1Nc1ccc2c(c1)C=NC2. The summed E-state index contributed by atoms with van der Waals surface area (Å²) in [7, 11) is 0.